The number of H-pyrrole nitrogens is 1. The molecule has 0 radical (unpaired) electrons. The van der Waals surface area contributed by atoms with E-state index in [0.717, 1.165) is 46.7 Å². The summed E-state index contributed by atoms with van der Waals surface area (Å²) in [6.07, 6.45) is 16.9. The summed E-state index contributed by atoms with van der Waals surface area (Å²) in [5.41, 5.74) is 4.03. The Labute approximate surface area is 166 Å². The summed E-state index contributed by atoms with van der Waals surface area (Å²) < 4.78 is 0. The largest absolute Gasteiger partial charge is 0.348 e. The molecule has 8 nitrogen and oxygen atoms in total. The standard InChI is InChI=1S/C21H17N7O/c29-16-3-5-24-18(9-16)19-17(14-10-22-13-23-11-14)1-4-21(19,20-25-7-8-26-20)15-2-6-27-28-12-15/h2-3,5-8,10-13H,1,4,9H2,(H,25,26). The van der Waals surface area contributed by atoms with Gasteiger partial charge in [-0.05, 0) is 41.7 Å². The lowest BCUT2D eigenvalue weighted by atomic mass is 9.71. The molecular formula is C21H17N7O. The van der Waals surface area contributed by atoms with Gasteiger partial charge in [-0.15, -0.1) is 0 Å². The predicted molar refractivity (Wildman–Crippen MR) is 106 cm³/mol. The highest BCUT2D eigenvalue weighted by Gasteiger charge is 2.48. The van der Waals surface area contributed by atoms with Crippen molar-refractivity contribution in [3.8, 4) is 0 Å². The number of aromatic nitrogens is 6. The fourth-order valence-electron chi connectivity index (χ4n) is 4.32. The highest BCUT2D eigenvalue weighted by atomic mass is 16.1. The monoisotopic (exact) mass is 383 g/mol. The Bertz CT molecular complexity index is 1130. The third kappa shape index (κ3) is 2.80. The Morgan fingerprint density at radius 1 is 1.07 bits per heavy atom. The minimum Gasteiger partial charge on any atom is -0.348 e. The summed E-state index contributed by atoms with van der Waals surface area (Å²) >= 11 is 0. The topological polar surface area (TPSA) is 110 Å². The Balaban J connectivity index is 1.83. The first kappa shape index (κ1) is 17.3. The molecule has 2 aliphatic rings. The van der Waals surface area contributed by atoms with Gasteiger partial charge in [-0.2, -0.15) is 10.2 Å². The molecule has 1 aliphatic heterocycles. The maximum atomic E-state index is 12.2. The normalized spacial score (nSPS) is 21.5. The van der Waals surface area contributed by atoms with Gasteiger partial charge in [-0.1, -0.05) is 0 Å². The van der Waals surface area contributed by atoms with E-state index in [4.69, 9.17) is 0 Å². The number of allylic oxidation sites excluding steroid dienone is 3. The Hall–Kier alpha value is -3.81. The van der Waals surface area contributed by atoms with Crippen LogP contribution in [0.5, 0.6) is 0 Å². The minimum atomic E-state index is -0.616. The van der Waals surface area contributed by atoms with Crippen molar-refractivity contribution >= 4 is 17.1 Å². The third-order valence-electron chi connectivity index (χ3n) is 5.49. The number of rotatable bonds is 4. The van der Waals surface area contributed by atoms with Crippen LogP contribution in [0.4, 0.5) is 0 Å². The molecule has 1 N–H and O–H groups in total. The lowest BCUT2D eigenvalue weighted by molar-refractivity contribution is -0.113. The maximum absolute atomic E-state index is 12.2. The Morgan fingerprint density at radius 3 is 2.69 bits per heavy atom. The lowest BCUT2D eigenvalue weighted by Crippen LogP contribution is -2.34. The molecule has 1 aliphatic carbocycles. The molecule has 142 valence electrons. The molecule has 0 fully saturated rings. The second kappa shape index (κ2) is 6.97. The molecule has 3 aromatic rings. The van der Waals surface area contributed by atoms with Crippen molar-refractivity contribution in [1.82, 2.24) is 30.1 Å². The molecule has 29 heavy (non-hydrogen) atoms. The molecule has 5 rings (SSSR count). The second-order valence-corrected chi connectivity index (χ2v) is 6.99. The van der Waals surface area contributed by atoms with E-state index in [1.54, 1.807) is 43.4 Å². The zero-order valence-corrected chi connectivity index (χ0v) is 15.5. The van der Waals surface area contributed by atoms with Crippen LogP contribution in [0.3, 0.4) is 0 Å². The highest BCUT2D eigenvalue weighted by Crippen LogP contribution is 2.52. The average Bonchev–Trinajstić information content (AvgIpc) is 3.44. The third-order valence-corrected chi connectivity index (χ3v) is 5.49. The number of nitrogens with one attached hydrogen (secondary N) is 1. The van der Waals surface area contributed by atoms with Gasteiger partial charge in [0.25, 0.3) is 0 Å². The molecule has 1 unspecified atom stereocenters. The van der Waals surface area contributed by atoms with Crippen LogP contribution < -0.4 is 0 Å². The molecular weight excluding hydrogens is 366 g/mol. The fraction of sp³-hybridized carbons (Fsp3) is 0.190. The lowest BCUT2D eigenvalue weighted by Gasteiger charge is -2.32. The number of aromatic amines is 1. The Kier molecular flexibility index (Phi) is 4.16. The zero-order chi connectivity index (χ0) is 19.7. The number of hydrogen-bond acceptors (Lipinski definition) is 7. The number of carbonyl (C=O) groups is 1. The van der Waals surface area contributed by atoms with Crippen molar-refractivity contribution in [2.24, 2.45) is 4.99 Å². The van der Waals surface area contributed by atoms with Crippen LogP contribution in [-0.2, 0) is 10.2 Å². The molecule has 8 heteroatoms. The number of imidazole rings is 1. The van der Waals surface area contributed by atoms with Crippen LogP contribution in [0.15, 0.2) is 72.4 Å². The van der Waals surface area contributed by atoms with Crippen molar-refractivity contribution in [3.63, 3.8) is 0 Å². The first-order valence-corrected chi connectivity index (χ1v) is 9.31. The van der Waals surface area contributed by atoms with E-state index in [9.17, 15) is 4.79 Å². The summed E-state index contributed by atoms with van der Waals surface area (Å²) in [7, 11) is 0. The summed E-state index contributed by atoms with van der Waals surface area (Å²) in [5, 5.41) is 8.06. The van der Waals surface area contributed by atoms with Gasteiger partial charge >= 0.3 is 0 Å². The van der Waals surface area contributed by atoms with Gasteiger partial charge in [0.1, 0.15) is 12.2 Å². The summed E-state index contributed by atoms with van der Waals surface area (Å²) in [5.74, 6) is 0.816. The summed E-state index contributed by atoms with van der Waals surface area (Å²) in [6, 6.07) is 1.95. The van der Waals surface area contributed by atoms with Gasteiger partial charge in [-0.3, -0.25) is 9.79 Å². The first-order chi connectivity index (χ1) is 14.3. The first-order valence-electron chi connectivity index (χ1n) is 9.31. The second-order valence-electron chi connectivity index (χ2n) is 6.99. The van der Waals surface area contributed by atoms with E-state index in [0.29, 0.717) is 0 Å². The number of nitrogens with zero attached hydrogens (tertiary/aromatic N) is 6. The quantitative estimate of drug-likeness (QED) is 0.741. The van der Waals surface area contributed by atoms with Crippen LogP contribution in [0.1, 0.15) is 36.2 Å². The van der Waals surface area contributed by atoms with E-state index in [-0.39, 0.29) is 12.2 Å². The van der Waals surface area contributed by atoms with Crippen molar-refractivity contribution < 1.29 is 4.79 Å². The molecule has 0 saturated heterocycles. The van der Waals surface area contributed by atoms with Crippen LogP contribution in [-0.4, -0.2) is 41.6 Å². The van der Waals surface area contributed by atoms with E-state index in [1.165, 1.54) is 12.4 Å². The zero-order valence-electron chi connectivity index (χ0n) is 15.5. The smallest absolute Gasteiger partial charge is 0.163 e. The molecule has 0 bridgehead atoms. The highest BCUT2D eigenvalue weighted by molar-refractivity contribution is 6.20. The van der Waals surface area contributed by atoms with E-state index in [2.05, 4.69) is 35.1 Å². The molecule has 4 heterocycles. The van der Waals surface area contributed by atoms with Crippen LogP contribution in [0.25, 0.3) is 5.57 Å². The van der Waals surface area contributed by atoms with Gasteiger partial charge in [0.2, 0.25) is 0 Å². The molecule has 0 saturated carbocycles. The molecule has 0 spiro atoms. The Morgan fingerprint density at radius 2 is 1.97 bits per heavy atom. The van der Waals surface area contributed by atoms with Gasteiger partial charge in [0.15, 0.2) is 5.78 Å². The number of ketones is 1. The van der Waals surface area contributed by atoms with Crippen molar-refractivity contribution in [1.29, 1.82) is 0 Å². The van der Waals surface area contributed by atoms with E-state index >= 15 is 0 Å². The van der Waals surface area contributed by atoms with Crippen LogP contribution >= 0.6 is 0 Å². The van der Waals surface area contributed by atoms with Crippen molar-refractivity contribution in [2.45, 2.75) is 24.7 Å². The molecule has 0 amide bonds. The van der Waals surface area contributed by atoms with E-state index in [1.807, 2.05) is 6.07 Å². The van der Waals surface area contributed by atoms with Gasteiger partial charge < -0.3 is 4.98 Å². The number of aliphatic imine (C=N–C) groups is 1. The molecule has 3 aromatic heterocycles. The fourth-order valence-corrected chi connectivity index (χ4v) is 4.32. The molecule has 1 atom stereocenters. The van der Waals surface area contributed by atoms with Crippen molar-refractivity contribution in [2.75, 3.05) is 0 Å². The average molecular weight is 383 g/mol. The molecule has 0 aromatic carbocycles. The SMILES string of the molecule is O=C1C=CN=C(C2=C(c3cncnc3)CCC2(c2ccnnc2)c2ncc[nH]2)C1. The van der Waals surface area contributed by atoms with Gasteiger partial charge in [0, 0.05) is 42.7 Å². The van der Waals surface area contributed by atoms with E-state index < -0.39 is 5.41 Å². The minimum absolute atomic E-state index is 0.0271. The summed E-state index contributed by atoms with van der Waals surface area (Å²) in [4.78, 5) is 33.1. The van der Waals surface area contributed by atoms with Gasteiger partial charge in [0.05, 0.1) is 23.7 Å². The summed E-state index contributed by atoms with van der Waals surface area (Å²) in [6.45, 7) is 0. The van der Waals surface area contributed by atoms with Crippen LogP contribution in [0, 0.1) is 0 Å². The number of hydrogen-bond donors (Lipinski definition) is 1. The maximum Gasteiger partial charge on any atom is 0.163 e. The number of carbonyl (C=O) groups excluding carboxylic acids is 1. The predicted octanol–water partition coefficient (Wildman–Crippen LogP) is 2.45. The van der Waals surface area contributed by atoms with Crippen molar-refractivity contribution in [3.05, 3.63) is 84.4 Å². The van der Waals surface area contributed by atoms with Crippen LogP contribution in [0.2, 0.25) is 0 Å². The van der Waals surface area contributed by atoms with Gasteiger partial charge in [-0.25, -0.2) is 15.0 Å².